The molecule has 0 radical (unpaired) electrons. The number of fused-ring (bicyclic) bond motifs is 1. The van der Waals surface area contributed by atoms with Crippen LogP contribution in [0, 0.1) is 13.8 Å². The maximum absolute atomic E-state index is 10.9. The van der Waals surface area contributed by atoms with E-state index in [4.69, 9.17) is 9.15 Å². The molecule has 2 rings (SSSR count). The number of benzene rings is 1. The van der Waals surface area contributed by atoms with E-state index in [0.717, 1.165) is 28.4 Å². The van der Waals surface area contributed by atoms with Gasteiger partial charge in [0.05, 0.1) is 18.9 Å². The molecule has 3 heteroatoms. The summed E-state index contributed by atoms with van der Waals surface area (Å²) in [5.41, 5.74) is 3.24. The Morgan fingerprint density at radius 1 is 1.40 bits per heavy atom. The molecule has 0 amide bonds. The highest BCUT2D eigenvalue weighted by atomic mass is 16.5. The molecule has 0 unspecified atom stereocenters. The molecule has 2 aromatic rings. The SMILES string of the molecule is COc1c(C=O)cc2c(C)coc2c1C. The summed E-state index contributed by atoms with van der Waals surface area (Å²) in [6, 6.07) is 1.80. The van der Waals surface area contributed by atoms with Crippen LogP contribution in [0.1, 0.15) is 21.5 Å². The number of ether oxygens (including phenoxy) is 1. The summed E-state index contributed by atoms with van der Waals surface area (Å²) in [4.78, 5) is 10.9. The van der Waals surface area contributed by atoms with E-state index in [1.54, 1.807) is 19.4 Å². The molecule has 0 bridgehead atoms. The molecular weight excluding hydrogens is 192 g/mol. The summed E-state index contributed by atoms with van der Waals surface area (Å²) in [5.74, 6) is 0.590. The van der Waals surface area contributed by atoms with Gasteiger partial charge in [-0.15, -0.1) is 0 Å². The lowest BCUT2D eigenvalue weighted by atomic mass is 10.0. The third-order valence-electron chi connectivity index (χ3n) is 2.60. The van der Waals surface area contributed by atoms with Crippen LogP contribution >= 0.6 is 0 Å². The first kappa shape index (κ1) is 9.77. The molecule has 0 aliphatic rings. The predicted molar refractivity (Wildman–Crippen MR) is 57.6 cm³/mol. The Hall–Kier alpha value is -1.77. The van der Waals surface area contributed by atoms with Gasteiger partial charge in [0.2, 0.25) is 0 Å². The molecule has 0 aliphatic heterocycles. The van der Waals surface area contributed by atoms with E-state index in [-0.39, 0.29) is 0 Å². The van der Waals surface area contributed by atoms with Gasteiger partial charge in [0, 0.05) is 10.9 Å². The first-order valence-corrected chi connectivity index (χ1v) is 4.69. The van der Waals surface area contributed by atoms with Gasteiger partial charge in [-0.2, -0.15) is 0 Å². The van der Waals surface area contributed by atoms with Crippen molar-refractivity contribution in [1.82, 2.24) is 0 Å². The summed E-state index contributed by atoms with van der Waals surface area (Å²) in [5, 5.41) is 0.968. The molecule has 1 aromatic carbocycles. The Kier molecular flexibility index (Phi) is 2.23. The number of hydrogen-bond acceptors (Lipinski definition) is 3. The van der Waals surface area contributed by atoms with Crippen LogP contribution in [0.25, 0.3) is 11.0 Å². The lowest BCUT2D eigenvalue weighted by molar-refractivity contribution is 0.112. The van der Waals surface area contributed by atoms with Gasteiger partial charge in [-0.3, -0.25) is 4.79 Å². The summed E-state index contributed by atoms with van der Waals surface area (Å²) in [6.45, 7) is 3.84. The van der Waals surface area contributed by atoms with Gasteiger partial charge in [0.1, 0.15) is 11.3 Å². The third-order valence-corrected chi connectivity index (χ3v) is 2.60. The molecule has 78 valence electrons. The second-order valence-corrected chi connectivity index (χ2v) is 3.54. The Morgan fingerprint density at radius 3 is 2.73 bits per heavy atom. The molecule has 0 spiro atoms. The monoisotopic (exact) mass is 204 g/mol. The molecule has 15 heavy (non-hydrogen) atoms. The molecule has 0 saturated heterocycles. The van der Waals surface area contributed by atoms with Gasteiger partial charge in [0.15, 0.2) is 6.29 Å². The number of aldehydes is 1. The number of aryl methyl sites for hydroxylation is 2. The van der Waals surface area contributed by atoms with Crippen LogP contribution < -0.4 is 4.74 Å². The standard InChI is InChI=1S/C12H12O3/c1-7-6-15-12-8(2)11(14-3)9(5-13)4-10(7)12/h4-6H,1-3H3. The maximum atomic E-state index is 10.9. The highest BCUT2D eigenvalue weighted by Crippen LogP contribution is 2.33. The first-order valence-electron chi connectivity index (χ1n) is 4.69. The molecule has 0 atom stereocenters. The normalized spacial score (nSPS) is 10.6. The van der Waals surface area contributed by atoms with Crippen LogP contribution in [0.4, 0.5) is 0 Å². The zero-order valence-corrected chi connectivity index (χ0v) is 8.96. The van der Waals surface area contributed by atoms with Crippen LogP contribution in [-0.2, 0) is 0 Å². The van der Waals surface area contributed by atoms with Crippen molar-refractivity contribution in [2.45, 2.75) is 13.8 Å². The van der Waals surface area contributed by atoms with Crippen LogP contribution in [0.5, 0.6) is 5.75 Å². The van der Waals surface area contributed by atoms with E-state index in [1.807, 2.05) is 13.8 Å². The van der Waals surface area contributed by atoms with Crippen LogP contribution in [-0.4, -0.2) is 13.4 Å². The first-order chi connectivity index (χ1) is 7.19. The minimum Gasteiger partial charge on any atom is -0.496 e. The Balaban J connectivity index is 2.89. The van der Waals surface area contributed by atoms with E-state index in [1.165, 1.54) is 0 Å². The van der Waals surface area contributed by atoms with E-state index >= 15 is 0 Å². The van der Waals surface area contributed by atoms with Crippen molar-refractivity contribution in [3.05, 3.63) is 29.0 Å². The fraction of sp³-hybridized carbons (Fsp3) is 0.250. The van der Waals surface area contributed by atoms with Crippen LogP contribution in [0.15, 0.2) is 16.7 Å². The van der Waals surface area contributed by atoms with Gasteiger partial charge in [-0.1, -0.05) is 0 Å². The molecule has 1 heterocycles. The zero-order valence-electron chi connectivity index (χ0n) is 8.96. The predicted octanol–water partition coefficient (Wildman–Crippen LogP) is 2.87. The van der Waals surface area contributed by atoms with E-state index < -0.39 is 0 Å². The third kappa shape index (κ3) is 1.31. The molecule has 0 aliphatic carbocycles. The summed E-state index contributed by atoms with van der Waals surface area (Å²) in [7, 11) is 1.55. The molecular formula is C12H12O3. The van der Waals surface area contributed by atoms with Crippen LogP contribution in [0.3, 0.4) is 0 Å². The molecule has 0 N–H and O–H groups in total. The topological polar surface area (TPSA) is 39.4 Å². The lowest BCUT2D eigenvalue weighted by Gasteiger charge is -2.07. The minimum absolute atomic E-state index is 0.562. The van der Waals surface area contributed by atoms with E-state index in [9.17, 15) is 4.79 Å². The van der Waals surface area contributed by atoms with Crippen molar-refractivity contribution in [1.29, 1.82) is 0 Å². The van der Waals surface area contributed by atoms with Gasteiger partial charge in [-0.25, -0.2) is 0 Å². The lowest BCUT2D eigenvalue weighted by Crippen LogP contribution is -1.94. The largest absolute Gasteiger partial charge is 0.496 e. The summed E-state index contributed by atoms with van der Waals surface area (Å²) >= 11 is 0. The Labute approximate surface area is 87.6 Å². The zero-order chi connectivity index (χ0) is 11.0. The Morgan fingerprint density at radius 2 is 2.13 bits per heavy atom. The average Bonchev–Trinajstić information content (AvgIpc) is 2.60. The minimum atomic E-state index is 0.562. The van der Waals surface area contributed by atoms with Crippen LogP contribution in [0.2, 0.25) is 0 Å². The molecule has 1 aromatic heterocycles. The smallest absolute Gasteiger partial charge is 0.153 e. The fourth-order valence-corrected chi connectivity index (χ4v) is 1.82. The second-order valence-electron chi connectivity index (χ2n) is 3.54. The fourth-order valence-electron chi connectivity index (χ4n) is 1.82. The number of carbonyl (C=O) groups excluding carboxylic acids is 1. The van der Waals surface area contributed by atoms with Gasteiger partial charge in [0.25, 0.3) is 0 Å². The van der Waals surface area contributed by atoms with Crippen molar-refractivity contribution in [3.63, 3.8) is 0 Å². The van der Waals surface area contributed by atoms with Gasteiger partial charge in [-0.05, 0) is 25.5 Å². The number of hydrogen-bond donors (Lipinski definition) is 0. The van der Waals surface area contributed by atoms with Crippen molar-refractivity contribution in [3.8, 4) is 5.75 Å². The Bertz CT molecular complexity index is 523. The van der Waals surface area contributed by atoms with Crippen molar-refractivity contribution >= 4 is 17.3 Å². The molecule has 3 nitrogen and oxygen atoms in total. The van der Waals surface area contributed by atoms with Crippen molar-refractivity contribution < 1.29 is 13.9 Å². The van der Waals surface area contributed by atoms with E-state index in [2.05, 4.69) is 0 Å². The quantitative estimate of drug-likeness (QED) is 0.706. The molecule has 0 saturated carbocycles. The van der Waals surface area contributed by atoms with E-state index in [0.29, 0.717) is 11.3 Å². The number of furan rings is 1. The summed E-state index contributed by atoms with van der Waals surface area (Å²) in [6.07, 6.45) is 2.49. The number of rotatable bonds is 2. The van der Waals surface area contributed by atoms with Gasteiger partial charge >= 0.3 is 0 Å². The maximum Gasteiger partial charge on any atom is 0.153 e. The van der Waals surface area contributed by atoms with Crippen molar-refractivity contribution in [2.24, 2.45) is 0 Å². The average molecular weight is 204 g/mol. The van der Waals surface area contributed by atoms with Gasteiger partial charge < -0.3 is 9.15 Å². The highest BCUT2D eigenvalue weighted by Gasteiger charge is 2.14. The summed E-state index contributed by atoms with van der Waals surface area (Å²) < 4.78 is 10.6. The number of carbonyl (C=O) groups is 1. The second kappa shape index (κ2) is 3.42. The highest BCUT2D eigenvalue weighted by molar-refractivity contribution is 5.93. The van der Waals surface area contributed by atoms with Crippen molar-refractivity contribution in [2.75, 3.05) is 7.11 Å². The number of methoxy groups -OCH3 is 1. The molecule has 0 fully saturated rings.